The molecule has 1 N–H and O–H groups in total. The molecule has 0 bridgehead atoms. The number of rotatable bonds is 1. The quantitative estimate of drug-likeness (QED) is 0.785. The van der Waals surface area contributed by atoms with Crippen molar-refractivity contribution in [3.05, 3.63) is 64.2 Å². The van der Waals surface area contributed by atoms with Crippen LogP contribution in [0, 0.1) is 6.92 Å². The van der Waals surface area contributed by atoms with Crippen LogP contribution in [0.5, 0.6) is 0 Å². The first kappa shape index (κ1) is 10.7. The number of hydrogen-bond acceptors (Lipinski definition) is 1. The Balaban J connectivity index is 1.88. The second kappa shape index (κ2) is 4.08. The minimum atomic E-state index is 0.379. The van der Waals surface area contributed by atoms with Crippen LogP contribution in [0.1, 0.15) is 22.7 Å². The number of anilines is 1. The summed E-state index contributed by atoms with van der Waals surface area (Å²) in [5, 5.41) is 4.35. The normalized spacial score (nSPS) is 17.6. The molecule has 1 heterocycles. The van der Waals surface area contributed by atoms with Crippen LogP contribution in [0.15, 0.2) is 42.5 Å². The fraction of sp³-hybridized carbons (Fsp3) is 0.200. The Morgan fingerprint density at radius 3 is 2.65 bits per heavy atom. The fourth-order valence-corrected chi connectivity index (χ4v) is 2.51. The van der Waals surface area contributed by atoms with Crippen molar-refractivity contribution in [2.24, 2.45) is 0 Å². The zero-order valence-electron chi connectivity index (χ0n) is 9.70. The molecule has 1 nitrogen and oxygen atoms in total. The minimum absolute atomic E-state index is 0.379. The van der Waals surface area contributed by atoms with Crippen molar-refractivity contribution in [1.82, 2.24) is 0 Å². The van der Waals surface area contributed by atoms with E-state index in [2.05, 4.69) is 42.6 Å². The topological polar surface area (TPSA) is 12.0 Å². The van der Waals surface area contributed by atoms with Gasteiger partial charge in [0.2, 0.25) is 0 Å². The van der Waals surface area contributed by atoms with E-state index in [-0.39, 0.29) is 0 Å². The maximum Gasteiger partial charge on any atom is 0.0555 e. The van der Waals surface area contributed by atoms with Gasteiger partial charge >= 0.3 is 0 Å². The predicted molar refractivity (Wildman–Crippen MR) is 72.7 cm³/mol. The second-order valence-electron chi connectivity index (χ2n) is 4.61. The Labute approximate surface area is 106 Å². The molecule has 1 unspecified atom stereocenters. The highest BCUT2D eigenvalue weighted by Crippen LogP contribution is 2.34. The van der Waals surface area contributed by atoms with Crippen LogP contribution < -0.4 is 5.32 Å². The predicted octanol–water partition coefficient (Wildman–Crippen LogP) is 4.36. The molecule has 0 saturated heterocycles. The summed E-state index contributed by atoms with van der Waals surface area (Å²) >= 11 is 5.91. The smallest absolute Gasteiger partial charge is 0.0555 e. The van der Waals surface area contributed by atoms with Gasteiger partial charge in [-0.25, -0.2) is 0 Å². The number of benzene rings is 2. The fourth-order valence-electron chi connectivity index (χ4n) is 2.39. The molecule has 0 fully saturated rings. The summed E-state index contributed by atoms with van der Waals surface area (Å²) in [6.07, 6.45) is 1.05. The molecule has 0 spiro atoms. The summed E-state index contributed by atoms with van der Waals surface area (Å²) in [5.74, 6) is 0. The third kappa shape index (κ3) is 2.03. The lowest BCUT2D eigenvalue weighted by molar-refractivity contribution is 0.824. The summed E-state index contributed by atoms with van der Waals surface area (Å²) in [6.45, 7) is 2.13. The van der Waals surface area contributed by atoms with Crippen LogP contribution in [0.2, 0.25) is 5.02 Å². The van der Waals surface area contributed by atoms with Gasteiger partial charge in [-0.1, -0.05) is 41.4 Å². The number of nitrogens with one attached hydrogen (secondary N) is 1. The first-order valence-corrected chi connectivity index (χ1v) is 6.22. The van der Waals surface area contributed by atoms with E-state index in [0.29, 0.717) is 6.04 Å². The van der Waals surface area contributed by atoms with E-state index in [1.54, 1.807) is 0 Å². The molecule has 0 aliphatic carbocycles. The van der Waals surface area contributed by atoms with E-state index in [9.17, 15) is 0 Å². The van der Waals surface area contributed by atoms with E-state index in [1.165, 1.54) is 22.4 Å². The zero-order chi connectivity index (χ0) is 11.8. The maximum absolute atomic E-state index is 5.91. The Bertz CT molecular complexity index is 545. The summed E-state index contributed by atoms with van der Waals surface area (Å²) in [4.78, 5) is 0. The molecule has 1 atom stereocenters. The van der Waals surface area contributed by atoms with Gasteiger partial charge in [0.1, 0.15) is 0 Å². The Morgan fingerprint density at radius 2 is 1.88 bits per heavy atom. The molecule has 3 rings (SSSR count). The van der Waals surface area contributed by atoms with Gasteiger partial charge < -0.3 is 5.32 Å². The summed E-state index contributed by atoms with van der Waals surface area (Å²) < 4.78 is 0. The summed E-state index contributed by atoms with van der Waals surface area (Å²) in [6, 6.07) is 15.1. The van der Waals surface area contributed by atoms with Crippen molar-refractivity contribution in [2.75, 3.05) is 5.32 Å². The molecule has 1 aliphatic heterocycles. The number of hydrogen-bond donors (Lipinski definition) is 1. The SMILES string of the molecule is Cc1ccc2c(c1)CC(c1ccc(Cl)cc1)N2. The van der Waals surface area contributed by atoms with E-state index in [0.717, 1.165) is 11.4 Å². The highest BCUT2D eigenvalue weighted by Gasteiger charge is 2.21. The Morgan fingerprint density at radius 1 is 1.12 bits per heavy atom. The third-order valence-electron chi connectivity index (χ3n) is 3.29. The summed E-state index contributed by atoms with van der Waals surface area (Å²) in [5.41, 5.74) is 5.28. The molecule has 1 aliphatic rings. The van der Waals surface area contributed by atoms with Crippen LogP contribution in [-0.4, -0.2) is 0 Å². The lowest BCUT2D eigenvalue weighted by Gasteiger charge is -2.11. The standard InChI is InChI=1S/C15H14ClN/c1-10-2-7-14-12(8-10)9-15(17-14)11-3-5-13(16)6-4-11/h2-8,15,17H,9H2,1H3. The van der Waals surface area contributed by atoms with Crippen molar-refractivity contribution in [2.45, 2.75) is 19.4 Å². The zero-order valence-corrected chi connectivity index (χ0v) is 10.5. The lowest BCUT2D eigenvalue weighted by atomic mass is 10.0. The van der Waals surface area contributed by atoms with E-state index >= 15 is 0 Å². The highest BCUT2D eigenvalue weighted by molar-refractivity contribution is 6.30. The van der Waals surface area contributed by atoms with Gasteiger partial charge in [0.25, 0.3) is 0 Å². The van der Waals surface area contributed by atoms with E-state index < -0.39 is 0 Å². The average Bonchev–Trinajstić information content (AvgIpc) is 2.72. The first-order valence-electron chi connectivity index (χ1n) is 5.84. The summed E-state index contributed by atoms with van der Waals surface area (Å²) in [7, 11) is 0. The molecule has 2 aromatic rings. The van der Waals surface area contributed by atoms with Crippen molar-refractivity contribution in [3.8, 4) is 0 Å². The van der Waals surface area contributed by atoms with E-state index in [1.807, 2.05) is 12.1 Å². The molecular weight excluding hydrogens is 230 g/mol. The molecule has 0 aromatic heterocycles. The van der Waals surface area contributed by atoms with Crippen molar-refractivity contribution in [1.29, 1.82) is 0 Å². The van der Waals surface area contributed by atoms with Crippen LogP contribution in [-0.2, 0) is 6.42 Å². The number of halogens is 1. The van der Waals surface area contributed by atoms with Crippen molar-refractivity contribution < 1.29 is 0 Å². The van der Waals surface area contributed by atoms with Gasteiger partial charge in [0.05, 0.1) is 6.04 Å². The molecule has 2 aromatic carbocycles. The molecular formula is C15H14ClN. The largest absolute Gasteiger partial charge is 0.378 e. The van der Waals surface area contributed by atoms with Gasteiger partial charge in [0.15, 0.2) is 0 Å². The Kier molecular flexibility index (Phi) is 2.56. The van der Waals surface area contributed by atoms with Gasteiger partial charge in [-0.15, -0.1) is 0 Å². The first-order chi connectivity index (χ1) is 8.22. The van der Waals surface area contributed by atoms with Gasteiger partial charge in [-0.05, 0) is 42.7 Å². The van der Waals surface area contributed by atoms with Gasteiger partial charge in [-0.2, -0.15) is 0 Å². The molecule has 0 amide bonds. The molecule has 86 valence electrons. The maximum atomic E-state index is 5.91. The van der Waals surface area contributed by atoms with E-state index in [4.69, 9.17) is 11.6 Å². The van der Waals surface area contributed by atoms with Crippen molar-refractivity contribution >= 4 is 17.3 Å². The average molecular weight is 244 g/mol. The van der Waals surface area contributed by atoms with Crippen LogP contribution in [0.4, 0.5) is 5.69 Å². The molecule has 2 heteroatoms. The second-order valence-corrected chi connectivity index (χ2v) is 5.05. The van der Waals surface area contributed by atoms with Crippen LogP contribution in [0.25, 0.3) is 0 Å². The molecule has 0 saturated carbocycles. The van der Waals surface area contributed by atoms with Gasteiger partial charge in [0, 0.05) is 10.7 Å². The monoisotopic (exact) mass is 243 g/mol. The molecule has 0 radical (unpaired) electrons. The minimum Gasteiger partial charge on any atom is -0.378 e. The number of fused-ring (bicyclic) bond motifs is 1. The van der Waals surface area contributed by atoms with Crippen LogP contribution in [0.3, 0.4) is 0 Å². The van der Waals surface area contributed by atoms with Gasteiger partial charge in [-0.3, -0.25) is 0 Å². The van der Waals surface area contributed by atoms with Crippen LogP contribution >= 0.6 is 11.6 Å². The number of aryl methyl sites for hydroxylation is 1. The Hall–Kier alpha value is -1.47. The highest BCUT2D eigenvalue weighted by atomic mass is 35.5. The van der Waals surface area contributed by atoms with Crippen molar-refractivity contribution in [3.63, 3.8) is 0 Å². The molecule has 17 heavy (non-hydrogen) atoms. The third-order valence-corrected chi connectivity index (χ3v) is 3.54. The lowest BCUT2D eigenvalue weighted by Crippen LogP contribution is -2.04.